The Morgan fingerprint density at radius 1 is 1.42 bits per heavy atom. The van der Waals surface area contributed by atoms with Crippen molar-refractivity contribution in [1.82, 2.24) is 4.98 Å². The van der Waals surface area contributed by atoms with Crippen molar-refractivity contribution >= 4 is 5.69 Å². The van der Waals surface area contributed by atoms with E-state index in [1.165, 1.54) is 20.3 Å². The molecule has 1 aromatic heterocycles. The van der Waals surface area contributed by atoms with E-state index in [0.717, 1.165) is 0 Å². The molecule has 12 heavy (non-hydrogen) atoms. The highest BCUT2D eigenvalue weighted by Gasteiger charge is 2.09. The first-order valence-corrected chi connectivity index (χ1v) is 3.26. The summed E-state index contributed by atoms with van der Waals surface area (Å²) in [6.07, 6.45) is 0. The third-order valence-corrected chi connectivity index (χ3v) is 1.37. The monoisotopic (exact) mass is 170 g/mol. The molecule has 0 bridgehead atoms. The van der Waals surface area contributed by atoms with E-state index in [0.29, 0.717) is 5.88 Å². The SMILES string of the molecule is COc1cc(N)c(O)c(OC)n1. The van der Waals surface area contributed by atoms with E-state index in [1.54, 1.807) is 0 Å². The molecule has 0 amide bonds. The molecule has 0 fully saturated rings. The summed E-state index contributed by atoms with van der Waals surface area (Å²) in [7, 11) is 2.85. The molecule has 0 aliphatic heterocycles. The Morgan fingerprint density at radius 3 is 2.58 bits per heavy atom. The summed E-state index contributed by atoms with van der Waals surface area (Å²) in [6.45, 7) is 0. The number of methoxy groups -OCH3 is 2. The lowest BCUT2D eigenvalue weighted by molar-refractivity contribution is 0.341. The summed E-state index contributed by atoms with van der Waals surface area (Å²) < 4.78 is 9.56. The first kappa shape index (κ1) is 8.45. The quantitative estimate of drug-likeness (QED) is 0.671. The lowest BCUT2D eigenvalue weighted by atomic mass is 10.4. The number of aromatic hydroxyl groups is 1. The van der Waals surface area contributed by atoms with Crippen LogP contribution in [-0.4, -0.2) is 24.3 Å². The zero-order valence-corrected chi connectivity index (χ0v) is 6.87. The molecule has 5 heteroatoms. The van der Waals surface area contributed by atoms with Crippen molar-refractivity contribution in [3.8, 4) is 17.5 Å². The largest absolute Gasteiger partial charge is 0.502 e. The number of nitrogens with zero attached hydrogens (tertiary/aromatic N) is 1. The third kappa shape index (κ3) is 1.34. The lowest BCUT2D eigenvalue weighted by Crippen LogP contribution is -1.96. The zero-order chi connectivity index (χ0) is 9.14. The summed E-state index contributed by atoms with van der Waals surface area (Å²) in [5.41, 5.74) is 5.60. The molecule has 66 valence electrons. The molecule has 5 nitrogen and oxygen atoms in total. The lowest BCUT2D eigenvalue weighted by Gasteiger charge is -2.06. The molecular weight excluding hydrogens is 160 g/mol. The smallest absolute Gasteiger partial charge is 0.262 e. The van der Waals surface area contributed by atoms with Gasteiger partial charge in [-0.1, -0.05) is 0 Å². The molecule has 0 atom stereocenters. The van der Waals surface area contributed by atoms with Gasteiger partial charge in [0.2, 0.25) is 11.6 Å². The second-order valence-corrected chi connectivity index (χ2v) is 2.11. The van der Waals surface area contributed by atoms with Crippen molar-refractivity contribution < 1.29 is 14.6 Å². The van der Waals surface area contributed by atoms with Crippen LogP contribution < -0.4 is 15.2 Å². The van der Waals surface area contributed by atoms with Gasteiger partial charge in [0, 0.05) is 6.07 Å². The van der Waals surface area contributed by atoms with E-state index in [-0.39, 0.29) is 17.3 Å². The van der Waals surface area contributed by atoms with Crippen molar-refractivity contribution in [3.05, 3.63) is 6.07 Å². The maximum absolute atomic E-state index is 9.25. The minimum atomic E-state index is -0.168. The van der Waals surface area contributed by atoms with Gasteiger partial charge in [0.05, 0.1) is 19.9 Å². The van der Waals surface area contributed by atoms with Crippen LogP contribution in [0.15, 0.2) is 6.07 Å². The topological polar surface area (TPSA) is 77.6 Å². The number of hydrogen-bond acceptors (Lipinski definition) is 5. The molecule has 0 saturated heterocycles. The maximum Gasteiger partial charge on any atom is 0.262 e. The van der Waals surface area contributed by atoms with Crippen LogP contribution in [0, 0.1) is 0 Å². The molecule has 0 aliphatic rings. The van der Waals surface area contributed by atoms with Crippen molar-refractivity contribution in [2.24, 2.45) is 0 Å². The van der Waals surface area contributed by atoms with Crippen molar-refractivity contribution in [3.63, 3.8) is 0 Å². The van der Waals surface area contributed by atoms with E-state index in [1.807, 2.05) is 0 Å². The molecular formula is C7H10N2O3. The Labute approximate surface area is 69.7 Å². The van der Waals surface area contributed by atoms with Crippen LogP contribution in [0.3, 0.4) is 0 Å². The highest BCUT2D eigenvalue weighted by molar-refractivity contribution is 5.58. The van der Waals surface area contributed by atoms with Crippen LogP contribution in [0.25, 0.3) is 0 Å². The maximum atomic E-state index is 9.25. The Kier molecular flexibility index (Phi) is 2.23. The fourth-order valence-electron chi connectivity index (χ4n) is 0.757. The van der Waals surface area contributed by atoms with Gasteiger partial charge in [-0.15, -0.1) is 0 Å². The fraction of sp³-hybridized carbons (Fsp3) is 0.286. The van der Waals surface area contributed by atoms with Gasteiger partial charge in [0.15, 0.2) is 0 Å². The van der Waals surface area contributed by atoms with Crippen LogP contribution >= 0.6 is 0 Å². The van der Waals surface area contributed by atoms with Gasteiger partial charge < -0.3 is 20.3 Å². The second-order valence-electron chi connectivity index (χ2n) is 2.11. The minimum absolute atomic E-state index is 0.0619. The van der Waals surface area contributed by atoms with Gasteiger partial charge >= 0.3 is 0 Å². The summed E-state index contributed by atoms with van der Waals surface area (Å²) in [6, 6.07) is 1.41. The van der Waals surface area contributed by atoms with Gasteiger partial charge in [0.1, 0.15) is 0 Å². The molecule has 0 saturated carbocycles. The summed E-state index contributed by atoms with van der Waals surface area (Å²) in [5, 5.41) is 9.25. The van der Waals surface area contributed by atoms with Gasteiger partial charge in [-0.2, -0.15) is 4.98 Å². The summed E-state index contributed by atoms with van der Waals surface area (Å²) >= 11 is 0. The predicted molar refractivity (Wildman–Crippen MR) is 43.4 cm³/mol. The average molecular weight is 170 g/mol. The van der Waals surface area contributed by atoms with E-state index in [2.05, 4.69) is 4.98 Å². The van der Waals surface area contributed by atoms with Crippen molar-refractivity contribution in [1.29, 1.82) is 0 Å². The van der Waals surface area contributed by atoms with Gasteiger partial charge in [-0.25, -0.2) is 0 Å². The molecule has 3 N–H and O–H groups in total. The molecule has 0 aliphatic carbocycles. The zero-order valence-electron chi connectivity index (χ0n) is 6.87. The molecule has 0 unspecified atom stereocenters. The number of anilines is 1. The number of nitrogens with two attached hydrogens (primary N) is 1. The van der Waals surface area contributed by atoms with E-state index in [9.17, 15) is 5.11 Å². The molecule has 0 spiro atoms. The standard InChI is InChI=1S/C7H10N2O3/c1-11-5-3-4(8)6(10)7(9-5)12-2/h3,10H,1-2H3,(H2,8,9). The minimum Gasteiger partial charge on any atom is -0.502 e. The normalized spacial score (nSPS) is 9.50. The van der Waals surface area contributed by atoms with Gasteiger partial charge in [-0.05, 0) is 0 Å². The molecule has 0 radical (unpaired) electrons. The highest BCUT2D eigenvalue weighted by Crippen LogP contribution is 2.32. The number of ether oxygens (including phenoxy) is 2. The first-order valence-electron chi connectivity index (χ1n) is 3.26. The second kappa shape index (κ2) is 3.17. The predicted octanol–water partition coefficient (Wildman–Crippen LogP) is 0.387. The molecule has 1 heterocycles. The van der Waals surface area contributed by atoms with Crippen LogP contribution in [0.4, 0.5) is 5.69 Å². The molecule has 1 rings (SSSR count). The van der Waals surface area contributed by atoms with E-state index >= 15 is 0 Å². The Morgan fingerprint density at radius 2 is 2.08 bits per heavy atom. The Balaban J connectivity index is 3.19. The molecule has 1 aromatic rings. The van der Waals surface area contributed by atoms with E-state index in [4.69, 9.17) is 15.2 Å². The number of hydrogen-bond donors (Lipinski definition) is 2. The van der Waals surface area contributed by atoms with Crippen LogP contribution in [0.5, 0.6) is 17.5 Å². The van der Waals surface area contributed by atoms with Crippen LogP contribution in [0.2, 0.25) is 0 Å². The number of pyridine rings is 1. The summed E-state index contributed by atoms with van der Waals surface area (Å²) in [5.74, 6) is 0.201. The third-order valence-electron chi connectivity index (χ3n) is 1.37. The number of rotatable bonds is 2. The summed E-state index contributed by atoms with van der Waals surface area (Å²) in [4.78, 5) is 3.80. The Bertz CT molecular complexity index is 288. The highest BCUT2D eigenvalue weighted by atomic mass is 16.5. The Hall–Kier alpha value is -1.65. The van der Waals surface area contributed by atoms with Crippen molar-refractivity contribution in [2.75, 3.05) is 20.0 Å². The van der Waals surface area contributed by atoms with E-state index < -0.39 is 0 Å². The number of aromatic nitrogens is 1. The van der Waals surface area contributed by atoms with Crippen LogP contribution in [-0.2, 0) is 0 Å². The van der Waals surface area contributed by atoms with Gasteiger partial charge in [-0.3, -0.25) is 0 Å². The van der Waals surface area contributed by atoms with Crippen molar-refractivity contribution in [2.45, 2.75) is 0 Å². The van der Waals surface area contributed by atoms with Gasteiger partial charge in [0.25, 0.3) is 5.88 Å². The molecule has 0 aromatic carbocycles. The number of nitrogen functional groups attached to an aromatic ring is 1. The average Bonchev–Trinajstić information content (AvgIpc) is 2.09. The fourth-order valence-corrected chi connectivity index (χ4v) is 0.757. The first-order chi connectivity index (χ1) is 5.69. The van der Waals surface area contributed by atoms with Crippen LogP contribution in [0.1, 0.15) is 0 Å².